The third-order valence-corrected chi connectivity index (χ3v) is 7.47. The van der Waals surface area contributed by atoms with E-state index >= 15 is 0 Å². The van der Waals surface area contributed by atoms with Crippen LogP contribution in [-0.2, 0) is 16.0 Å². The van der Waals surface area contributed by atoms with E-state index in [1.54, 1.807) is 17.0 Å². The van der Waals surface area contributed by atoms with Crippen molar-refractivity contribution in [2.24, 2.45) is 0 Å². The van der Waals surface area contributed by atoms with E-state index in [4.69, 9.17) is 17.0 Å². The summed E-state index contributed by atoms with van der Waals surface area (Å²) in [6.07, 6.45) is 2.75. The molecule has 0 aliphatic carbocycles. The Labute approximate surface area is 229 Å². The highest BCUT2D eigenvalue weighted by Gasteiger charge is 2.33. The number of ether oxygens (including phenoxy) is 1. The number of thioether (sulfide) groups is 1. The third kappa shape index (κ3) is 6.06. The van der Waals surface area contributed by atoms with E-state index in [1.807, 2.05) is 68.5 Å². The number of benzene rings is 3. The van der Waals surface area contributed by atoms with E-state index in [2.05, 4.69) is 28.2 Å². The second kappa shape index (κ2) is 11.4. The number of halogens is 1. The summed E-state index contributed by atoms with van der Waals surface area (Å²) in [5.41, 5.74) is 5.56. The molecule has 8 heteroatoms. The van der Waals surface area contributed by atoms with Crippen molar-refractivity contribution in [1.29, 1.82) is 0 Å². The van der Waals surface area contributed by atoms with Gasteiger partial charge in [0.25, 0.3) is 11.8 Å². The molecule has 0 bridgehead atoms. The number of hydrogen-bond acceptors (Lipinski definition) is 5. The molecular formula is C28H25BrN2O3S2. The number of nitrogens with one attached hydrogen (secondary N) is 1. The van der Waals surface area contributed by atoms with E-state index in [9.17, 15) is 9.59 Å². The third-order valence-electron chi connectivity index (χ3n) is 5.71. The summed E-state index contributed by atoms with van der Waals surface area (Å²) in [6, 6.07) is 19.0. The standard InChI is InChI=1S/C28H25BrN2O3S2/c1-4-19-5-9-22(10-6-19)31-27(33)24(36-28(31)35)15-20-7-11-23(12-8-20)34-16-25(32)30-26-17(2)13-21(29)14-18(26)3/h5-15H,4,16H2,1-3H3,(H,30,32)/b24-15-. The van der Waals surface area contributed by atoms with E-state index < -0.39 is 0 Å². The highest BCUT2D eigenvalue weighted by atomic mass is 79.9. The van der Waals surface area contributed by atoms with Crippen LogP contribution in [0, 0.1) is 13.8 Å². The average Bonchev–Trinajstić information content (AvgIpc) is 3.13. The molecule has 5 nitrogen and oxygen atoms in total. The van der Waals surface area contributed by atoms with Crippen molar-refractivity contribution in [1.82, 2.24) is 0 Å². The van der Waals surface area contributed by atoms with Crippen LogP contribution >= 0.6 is 39.9 Å². The van der Waals surface area contributed by atoms with Crippen molar-refractivity contribution in [3.05, 3.63) is 92.3 Å². The normalized spacial score (nSPS) is 14.4. The molecule has 4 rings (SSSR count). The van der Waals surface area contributed by atoms with E-state index in [0.717, 1.165) is 39.0 Å². The Hall–Kier alpha value is -2.94. The molecule has 2 amide bonds. The molecule has 1 aliphatic rings. The van der Waals surface area contributed by atoms with Crippen LogP contribution in [0.5, 0.6) is 5.75 Å². The Morgan fingerprint density at radius 2 is 1.72 bits per heavy atom. The summed E-state index contributed by atoms with van der Waals surface area (Å²) in [7, 11) is 0. The predicted octanol–water partition coefficient (Wildman–Crippen LogP) is 7.05. The molecule has 0 spiro atoms. The van der Waals surface area contributed by atoms with Crippen LogP contribution in [0.4, 0.5) is 11.4 Å². The first-order valence-electron chi connectivity index (χ1n) is 11.4. The largest absolute Gasteiger partial charge is 0.484 e. The average molecular weight is 582 g/mol. The second-order valence-corrected chi connectivity index (χ2v) is 10.9. The Kier molecular flexibility index (Phi) is 8.28. The minimum Gasteiger partial charge on any atom is -0.484 e. The van der Waals surface area contributed by atoms with Gasteiger partial charge in [0.1, 0.15) is 5.75 Å². The van der Waals surface area contributed by atoms with Crippen molar-refractivity contribution in [3.8, 4) is 5.75 Å². The van der Waals surface area contributed by atoms with Crippen molar-refractivity contribution in [3.63, 3.8) is 0 Å². The van der Waals surface area contributed by atoms with Gasteiger partial charge in [-0.1, -0.05) is 71.1 Å². The van der Waals surface area contributed by atoms with Crippen LogP contribution in [0.25, 0.3) is 6.08 Å². The molecular weight excluding hydrogens is 556 g/mol. The van der Waals surface area contributed by atoms with Gasteiger partial charge >= 0.3 is 0 Å². The van der Waals surface area contributed by atoms with Crippen LogP contribution in [0.15, 0.2) is 70.0 Å². The van der Waals surface area contributed by atoms with E-state index in [1.165, 1.54) is 17.3 Å². The van der Waals surface area contributed by atoms with Gasteiger partial charge in [0.05, 0.1) is 10.6 Å². The zero-order valence-corrected chi connectivity index (χ0v) is 23.4. The van der Waals surface area contributed by atoms with E-state index in [0.29, 0.717) is 15.0 Å². The van der Waals surface area contributed by atoms with Crippen LogP contribution in [-0.4, -0.2) is 22.7 Å². The van der Waals surface area contributed by atoms with Crippen molar-refractivity contribution in [2.45, 2.75) is 27.2 Å². The number of rotatable bonds is 7. The van der Waals surface area contributed by atoms with Gasteiger partial charge in [0.15, 0.2) is 10.9 Å². The number of thiocarbonyl (C=S) groups is 1. The molecule has 1 heterocycles. The minimum absolute atomic E-state index is 0.107. The second-order valence-electron chi connectivity index (χ2n) is 8.36. The molecule has 3 aromatic carbocycles. The summed E-state index contributed by atoms with van der Waals surface area (Å²) in [5, 5.41) is 2.92. The van der Waals surface area contributed by atoms with Crippen LogP contribution < -0.4 is 15.0 Å². The maximum absolute atomic E-state index is 13.0. The molecule has 0 aromatic heterocycles. The SMILES string of the molecule is CCc1ccc(N2C(=O)/C(=C/c3ccc(OCC(=O)Nc4c(C)cc(Br)cc4C)cc3)SC2=S)cc1. The first-order chi connectivity index (χ1) is 17.2. The summed E-state index contributed by atoms with van der Waals surface area (Å²) in [6.45, 7) is 5.88. The van der Waals surface area contributed by atoms with Gasteiger partial charge in [0.2, 0.25) is 0 Å². The topological polar surface area (TPSA) is 58.6 Å². The van der Waals surface area contributed by atoms with Crippen LogP contribution in [0.1, 0.15) is 29.2 Å². The fraction of sp³-hybridized carbons (Fsp3) is 0.179. The van der Waals surface area contributed by atoms with Gasteiger partial charge in [-0.05, 0) is 85.0 Å². The molecule has 1 aliphatic heterocycles. The van der Waals surface area contributed by atoms with Gasteiger partial charge < -0.3 is 10.1 Å². The molecule has 0 saturated carbocycles. The highest BCUT2D eigenvalue weighted by molar-refractivity contribution is 9.10. The first kappa shape index (κ1) is 26.1. The number of amides is 2. The lowest BCUT2D eigenvalue weighted by atomic mass is 10.1. The van der Waals surface area contributed by atoms with Crippen molar-refractivity contribution < 1.29 is 14.3 Å². The molecule has 1 fully saturated rings. The number of carbonyl (C=O) groups excluding carboxylic acids is 2. The number of nitrogens with zero attached hydrogens (tertiary/aromatic N) is 1. The molecule has 0 unspecified atom stereocenters. The Morgan fingerprint density at radius 1 is 1.08 bits per heavy atom. The van der Waals surface area contributed by atoms with Gasteiger partial charge in [-0.15, -0.1) is 0 Å². The molecule has 184 valence electrons. The van der Waals surface area contributed by atoms with E-state index in [-0.39, 0.29) is 18.4 Å². The molecule has 0 atom stereocenters. The Bertz CT molecular complexity index is 1330. The molecule has 0 radical (unpaired) electrons. The monoisotopic (exact) mass is 580 g/mol. The highest BCUT2D eigenvalue weighted by Crippen LogP contribution is 2.36. The zero-order valence-electron chi connectivity index (χ0n) is 20.1. The van der Waals surface area contributed by atoms with Gasteiger partial charge in [0, 0.05) is 10.2 Å². The van der Waals surface area contributed by atoms with Gasteiger partial charge in [-0.2, -0.15) is 0 Å². The smallest absolute Gasteiger partial charge is 0.270 e. The van der Waals surface area contributed by atoms with Crippen LogP contribution in [0.3, 0.4) is 0 Å². The number of anilines is 2. The lowest BCUT2D eigenvalue weighted by Gasteiger charge is -2.14. The van der Waals surface area contributed by atoms with Crippen molar-refractivity contribution >= 4 is 73.5 Å². The first-order valence-corrected chi connectivity index (χ1v) is 13.4. The van der Waals surface area contributed by atoms with Crippen LogP contribution in [0.2, 0.25) is 0 Å². The number of carbonyl (C=O) groups is 2. The molecule has 1 N–H and O–H groups in total. The zero-order chi connectivity index (χ0) is 25.8. The summed E-state index contributed by atoms with van der Waals surface area (Å²) >= 11 is 10.2. The number of hydrogen-bond donors (Lipinski definition) is 1. The summed E-state index contributed by atoms with van der Waals surface area (Å²) in [4.78, 5) is 27.6. The predicted molar refractivity (Wildman–Crippen MR) is 156 cm³/mol. The number of aryl methyl sites for hydroxylation is 3. The maximum atomic E-state index is 13.0. The fourth-order valence-corrected chi connectivity index (χ4v) is 5.80. The fourth-order valence-electron chi connectivity index (χ4n) is 3.81. The summed E-state index contributed by atoms with van der Waals surface area (Å²) < 4.78 is 7.14. The molecule has 3 aromatic rings. The molecule has 36 heavy (non-hydrogen) atoms. The van der Waals surface area contributed by atoms with Gasteiger partial charge in [-0.25, -0.2) is 0 Å². The van der Waals surface area contributed by atoms with Crippen molar-refractivity contribution in [2.75, 3.05) is 16.8 Å². The quantitative estimate of drug-likeness (QED) is 0.239. The maximum Gasteiger partial charge on any atom is 0.270 e. The minimum atomic E-state index is -0.233. The Morgan fingerprint density at radius 3 is 2.33 bits per heavy atom. The molecule has 1 saturated heterocycles. The lowest BCUT2D eigenvalue weighted by Crippen LogP contribution is -2.27. The lowest BCUT2D eigenvalue weighted by molar-refractivity contribution is -0.118. The summed E-state index contributed by atoms with van der Waals surface area (Å²) in [5.74, 6) is 0.197. The van der Waals surface area contributed by atoms with Gasteiger partial charge in [-0.3, -0.25) is 14.5 Å². The Balaban J connectivity index is 1.37.